The van der Waals surface area contributed by atoms with Crippen LogP contribution in [0.3, 0.4) is 0 Å². The first kappa shape index (κ1) is 19.8. The topological polar surface area (TPSA) is 116 Å². The van der Waals surface area contributed by atoms with Crippen LogP contribution in [0.5, 0.6) is 0 Å². The standard InChI is InChI=1S/C19H20N2O6S/c22-19(27-17-6-2-1-3-7-17)14-9-11-15(12-10-14)20-28(25,26)18-8-4-5-16(13-18)21(23)24/h4-5,8-13,17,20H,1-3,6-7H2. The number of non-ortho nitro benzene ring substituents is 1. The largest absolute Gasteiger partial charge is 0.459 e. The number of hydrogen-bond donors (Lipinski definition) is 1. The number of carbonyl (C=O) groups excluding carboxylic acids is 1. The minimum Gasteiger partial charge on any atom is -0.459 e. The SMILES string of the molecule is O=C(OC1CCCCC1)c1ccc(NS(=O)(=O)c2cccc([N+](=O)[O-])c2)cc1. The van der Waals surface area contributed by atoms with E-state index in [2.05, 4.69) is 4.72 Å². The Kier molecular flexibility index (Phi) is 5.93. The molecule has 1 N–H and O–H groups in total. The van der Waals surface area contributed by atoms with Crippen LogP contribution in [0.1, 0.15) is 42.5 Å². The maximum absolute atomic E-state index is 12.4. The highest BCUT2D eigenvalue weighted by Crippen LogP contribution is 2.23. The van der Waals surface area contributed by atoms with Crippen molar-refractivity contribution in [3.8, 4) is 0 Å². The second-order valence-corrected chi connectivity index (χ2v) is 8.29. The van der Waals surface area contributed by atoms with Crippen molar-refractivity contribution in [2.75, 3.05) is 4.72 Å². The van der Waals surface area contributed by atoms with E-state index in [1.54, 1.807) is 0 Å². The molecule has 28 heavy (non-hydrogen) atoms. The number of rotatable bonds is 6. The molecule has 9 heteroatoms. The van der Waals surface area contributed by atoms with E-state index in [0.717, 1.165) is 38.2 Å². The summed E-state index contributed by atoms with van der Waals surface area (Å²) in [5.74, 6) is -0.431. The van der Waals surface area contributed by atoms with Gasteiger partial charge in [-0.15, -0.1) is 0 Å². The molecule has 2 aromatic carbocycles. The van der Waals surface area contributed by atoms with Crippen LogP contribution in [0.4, 0.5) is 11.4 Å². The van der Waals surface area contributed by atoms with E-state index < -0.39 is 20.9 Å². The van der Waals surface area contributed by atoms with Gasteiger partial charge < -0.3 is 4.74 Å². The molecule has 0 aromatic heterocycles. The Morgan fingerprint density at radius 2 is 1.75 bits per heavy atom. The third-order valence-corrected chi connectivity index (χ3v) is 5.92. The second-order valence-electron chi connectivity index (χ2n) is 6.60. The van der Waals surface area contributed by atoms with Crippen molar-refractivity contribution in [3.63, 3.8) is 0 Å². The molecule has 0 atom stereocenters. The van der Waals surface area contributed by atoms with E-state index >= 15 is 0 Å². The number of carbonyl (C=O) groups is 1. The lowest BCUT2D eigenvalue weighted by molar-refractivity contribution is -0.385. The molecule has 0 unspecified atom stereocenters. The summed E-state index contributed by atoms with van der Waals surface area (Å²) in [4.78, 5) is 22.2. The zero-order valence-electron chi connectivity index (χ0n) is 15.0. The molecule has 0 heterocycles. The lowest BCUT2D eigenvalue weighted by Gasteiger charge is -2.21. The molecular formula is C19H20N2O6S. The number of hydrogen-bond acceptors (Lipinski definition) is 6. The lowest BCUT2D eigenvalue weighted by Crippen LogP contribution is -2.21. The monoisotopic (exact) mass is 404 g/mol. The molecule has 3 rings (SSSR count). The van der Waals surface area contributed by atoms with Gasteiger partial charge >= 0.3 is 5.97 Å². The van der Waals surface area contributed by atoms with E-state index in [0.29, 0.717) is 5.56 Å². The van der Waals surface area contributed by atoms with Crippen LogP contribution in [-0.2, 0) is 14.8 Å². The van der Waals surface area contributed by atoms with Gasteiger partial charge in [0, 0.05) is 17.8 Å². The number of anilines is 1. The fourth-order valence-electron chi connectivity index (χ4n) is 3.06. The Labute approximate surface area is 162 Å². The van der Waals surface area contributed by atoms with Crippen molar-refractivity contribution in [1.29, 1.82) is 0 Å². The van der Waals surface area contributed by atoms with Crippen molar-refractivity contribution in [2.24, 2.45) is 0 Å². The van der Waals surface area contributed by atoms with Crippen LogP contribution < -0.4 is 4.72 Å². The molecule has 2 aromatic rings. The number of sulfonamides is 1. The van der Waals surface area contributed by atoms with E-state index in [9.17, 15) is 23.3 Å². The van der Waals surface area contributed by atoms with Crippen LogP contribution in [0, 0.1) is 10.1 Å². The molecule has 0 saturated heterocycles. The highest BCUT2D eigenvalue weighted by Gasteiger charge is 2.20. The number of ether oxygens (including phenoxy) is 1. The predicted octanol–water partition coefficient (Wildman–Crippen LogP) is 3.89. The minimum atomic E-state index is -4.00. The van der Waals surface area contributed by atoms with Gasteiger partial charge in [0.1, 0.15) is 6.10 Å². The summed E-state index contributed by atoms with van der Waals surface area (Å²) in [5, 5.41) is 10.8. The van der Waals surface area contributed by atoms with E-state index in [-0.39, 0.29) is 22.4 Å². The van der Waals surface area contributed by atoms with Gasteiger partial charge in [-0.25, -0.2) is 13.2 Å². The number of nitrogens with one attached hydrogen (secondary N) is 1. The molecule has 0 bridgehead atoms. The maximum Gasteiger partial charge on any atom is 0.338 e. The van der Waals surface area contributed by atoms with Gasteiger partial charge in [-0.05, 0) is 56.0 Å². The summed E-state index contributed by atoms with van der Waals surface area (Å²) in [7, 11) is -4.00. The van der Waals surface area contributed by atoms with E-state index in [1.807, 2.05) is 0 Å². The second kappa shape index (κ2) is 8.39. The van der Waals surface area contributed by atoms with Gasteiger partial charge in [0.25, 0.3) is 15.7 Å². The first-order chi connectivity index (χ1) is 13.3. The smallest absolute Gasteiger partial charge is 0.338 e. The van der Waals surface area contributed by atoms with Crippen LogP contribution >= 0.6 is 0 Å². The van der Waals surface area contributed by atoms with Gasteiger partial charge in [0.15, 0.2) is 0 Å². The molecule has 8 nitrogen and oxygen atoms in total. The molecule has 148 valence electrons. The normalized spacial score (nSPS) is 15.0. The number of benzene rings is 2. The predicted molar refractivity (Wildman–Crippen MR) is 103 cm³/mol. The van der Waals surface area contributed by atoms with Gasteiger partial charge in [-0.2, -0.15) is 0 Å². The van der Waals surface area contributed by atoms with Crippen LogP contribution in [0.15, 0.2) is 53.4 Å². The number of nitro benzene ring substituents is 1. The first-order valence-corrected chi connectivity index (χ1v) is 10.4. The Morgan fingerprint density at radius 1 is 1.07 bits per heavy atom. The molecule has 0 spiro atoms. The summed E-state index contributed by atoms with van der Waals surface area (Å²) < 4.78 is 32.7. The highest BCUT2D eigenvalue weighted by molar-refractivity contribution is 7.92. The number of nitro groups is 1. The molecule has 1 fully saturated rings. The van der Waals surface area contributed by atoms with Crippen LogP contribution in [-0.4, -0.2) is 25.4 Å². The van der Waals surface area contributed by atoms with Crippen molar-refractivity contribution in [3.05, 3.63) is 64.2 Å². The minimum absolute atomic E-state index is 0.0618. The quantitative estimate of drug-likeness (QED) is 0.444. The van der Waals surface area contributed by atoms with Crippen LogP contribution in [0.25, 0.3) is 0 Å². The average Bonchev–Trinajstić information content (AvgIpc) is 2.69. The van der Waals surface area contributed by atoms with Crippen molar-refractivity contribution in [2.45, 2.75) is 43.1 Å². The van der Waals surface area contributed by atoms with Gasteiger partial charge in [-0.3, -0.25) is 14.8 Å². The van der Waals surface area contributed by atoms with Gasteiger partial charge in [0.2, 0.25) is 0 Å². The maximum atomic E-state index is 12.4. The number of nitrogens with zero attached hydrogens (tertiary/aromatic N) is 1. The van der Waals surface area contributed by atoms with Gasteiger partial charge in [-0.1, -0.05) is 12.5 Å². The fraction of sp³-hybridized carbons (Fsp3) is 0.316. The summed E-state index contributed by atoms with van der Waals surface area (Å²) in [5.41, 5.74) is 0.258. The molecule has 1 aliphatic rings. The van der Waals surface area contributed by atoms with E-state index in [1.165, 1.54) is 42.5 Å². The molecular weight excluding hydrogens is 384 g/mol. The average molecular weight is 404 g/mol. The molecule has 1 aliphatic carbocycles. The highest BCUT2D eigenvalue weighted by atomic mass is 32.2. The molecule has 1 saturated carbocycles. The fourth-order valence-corrected chi connectivity index (χ4v) is 4.15. The molecule has 0 radical (unpaired) electrons. The number of esters is 1. The Bertz CT molecular complexity index is 966. The van der Waals surface area contributed by atoms with Crippen molar-refractivity contribution < 1.29 is 22.9 Å². The summed E-state index contributed by atoms with van der Waals surface area (Å²) in [6.07, 6.45) is 4.94. The van der Waals surface area contributed by atoms with Crippen molar-refractivity contribution >= 4 is 27.4 Å². The third-order valence-electron chi connectivity index (χ3n) is 4.54. The van der Waals surface area contributed by atoms with Crippen LogP contribution in [0.2, 0.25) is 0 Å². The Morgan fingerprint density at radius 3 is 2.39 bits per heavy atom. The molecule has 0 amide bonds. The van der Waals surface area contributed by atoms with Gasteiger partial charge in [0.05, 0.1) is 15.4 Å². The lowest BCUT2D eigenvalue weighted by atomic mass is 9.98. The van der Waals surface area contributed by atoms with E-state index in [4.69, 9.17) is 4.74 Å². The zero-order valence-corrected chi connectivity index (χ0v) is 15.9. The summed E-state index contributed by atoms with van der Waals surface area (Å²) in [6, 6.07) is 10.6. The Balaban J connectivity index is 1.68. The Hall–Kier alpha value is -2.94. The molecule has 0 aliphatic heterocycles. The van der Waals surface area contributed by atoms with Crippen molar-refractivity contribution in [1.82, 2.24) is 0 Å². The summed E-state index contributed by atoms with van der Waals surface area (Å²) >= 11 is 0. The zero-order chi connectivity index (χ0) is 20.1. The third kappa shape index (κ3) is 4.86. The summed E-state index contributed by atoms with van der Waals surface area (Å²) in [6.45, 7) is 0. The first-order valence-electron chi connectivity index (χ1n) is 8.93.